The Kier molecular flexibility index (Phi) is 16.3. The van der Waals surface area contributed by atoms with Gasteiger partial charge < -0.3 is 34.1 Å². The molecule has 10 nitrogen and oxygen atoms in total. The van der Waals surface area contributed by atoms with Crippen molar-refractivity contribution in [3.63, 3.8) is 0 Å². The van der Waals surface area contributed by atoms with Gasteiger partial charge in [0, 0.05) is 0 Å². The summed E-state index contributed by atoms with van der Waals surface area (Å²) in [5.74, 6) is 0.112. The van der Waals surface area contributed by atoms with Crippen molar-refractivity contribution in [3.05, 3.63) is 24.3 Å². The molecule has 39 heavy (non-hydrogen) atoms. The van der Waals surface area contributed by atoms with Crippen LogP contribution in [0, 0.1) is 0 Å². The molecule has 0 saturated carbocycles. The zero-order chi connectivity index (χ0) is 28.5. The van der Waals surface area contributed by atoms with Crippen LogP contribution < -0.4 is 8.92 Å². The summed E-state index contributed by atoms with van der Waals surface area (Å²) in [6.45, 7) is 1.92. The number of hydrogen-bond donors (Lipinski definition) is 4. The van der Waals surface area contributed by atoms with Crippen LogP contribution in [0.25, 0.3) is 0 Å². The summed E-state index contributed by atoms with van der Waals surface area (Å²) in [6.07, 6.45) is 8.97. The lowest BCUT2D eigenvalue weighted by molar-refractivity contribution is -0.277. The Bertz CT molecular complexity index is 879. The van der Waals surface area contributed by atoms with Gasteiger partial charge in [-0.1, -0.05) is 103 Å². The van der Waals surface area contributed by atoms with E-state index in [4.69, 9.17) is 17.8 Å². The molecule has 0 aliphatic carbocycles. The summed E-state index contributed by atoms with van der Waals surface area (Å²) in [6, 6.07) is 6.22. The Hall–Kier alpha value is -1.47. The summed E-state index contributed by atoms with van der Waals surface area (Å²) in [5.41, 5.74) is 0. The summed E-state index contributed by atoms with van der Waals surface area (Å²) in [4.78, 5) is 0. The SMILES string of the molecule is CCCCCCCCCCCCCCCCOc1ccccc1OS(=O)(=O)O[C@@H]1O[C@H](CO)[C@@H](O)[C@H](O)[C@@H]1O. The standard InChI is InChI=1S/C28H48O10S/c1-2-3-4-5-6-7-8-9-10-11-12-13-14-17-20-35-22-18-15-16-19-23(22)37-39(33,34)38-28-27(32)26(31)25(30)24(21-29)36-28/h15-16,18-19,24-32H,2-14,17,20-21H2,1H3/t24-,25-,26+,27+,28+/m1/s1. The van der Waals surface area contributed by atoms with E-state index >= 15 is 0 Å². The van der Waals surface area contributed by atoms with E-state index in [1.165, 1.54) is 76.7 Å². The number of para-hydroxylation sites is 2. The summed E-state index contributed by atoms with van der Waals surface area (Å²) < 4.78 is 45.5. The maximum absolute atomic E-state index is 12.5. The zero-order valence-electron chi connectivity index (χ0n) is 23.2. The van der Waals surface area contributed by atoms with Crippen LogP contribution in [0.3, 0.4) is 0 Å². The smallest absolute Gasteiger partial charge is 0.451 e. The number of hydrogen-bond acceptors (Lipinski definition) is 10. The Morgan fingerprint density at radius 2 is 1.26 bits per heavy atom. The second-order valence-corrected chi connectivity index (χ2v) is 11.4. The first-order valence-corrected chi connectivity index (χ1v) is 15.8. The first-order chi connectivity index (χ1) is 18.8. The summed E-state index contributed by atoms with van der Waals surface area (Å²) >= 11 is 0. The molecule has 1 aromatic rings. The van der Waals surface area contributed by atoms with E-state index in [9.17, 15) is 28.8 Å². The molecule has 0 amide bonds. The van der Waals surface area contributed by atoms with E-state index in [-0.39, 0.29) is 11.5 Å². The molecule has 1 saturated heterocycles. The maximum atomic E-state index is 12.5. The number of aliphatic hydroxyl groups excluding tert-OH is 4. The largest absolute Gasteiger partial charge is 0.490 e. The Morgan fingerprint density at radius 3 is 1.79 bits per heavy atom. The molecule has 1 aromatic carbocycles. The number of rotatable bonds is 21. The molecule has 1 aliphatic rings. The number of unbranched alkanes of at least 4 members (excludes halogenated alkanes) is 13. The monoisotopic (exact) mass is 576 g/mol. The average Bonchev–Trinajstić information content (AvgIpc) is 2.91. The van der Waals surface area contributed by atoms with E-state index in [2.05, 4.69) is 6.92 Å². The second kappa shape index (κ2) is 18.8. The van der Waals surface area contributed by atoms with Crippen LogP contribution >= 0.6 is 0 Å². The van der Waals surface area contributed by atoms with Crippen molar-refractivity contribution in [1.29, 1.82) is 0 Å². The first kappa shape index (κ1) is 33.7. The van der Waals surface area contributed by atoms with Crippen LogP contribution in [0.1, 0.15) is 96.8 Å². The fraction of sp³-hybridized carbons (Fsp3) is 0.786. The van der Waals surface area contributed by atoms with Gasteiger partial charge in [0.1, 0.15) is 24.4 Å². The van der Waals surface area contributed by atoms with Gasteiger partial charge in [-0.15, -0.1) is 0 Å². The molecule has 4 N–H and O–H groups in total. The molecule has 0 bridgehead atoms. The molecule has 1 fully saturated rings. The van der Waals surface area contributed by atoms with Crippen LogP contribution in [-0.2, 0) is 19.3 Å². The summed E-state index contributed by atoms with van der Waals surface area (Å²) in [7, 11) is -4.76. The van der Waals surface area contributed by atoms with E-state index < -0.39 is 47.7 Å². The van der Waals surface area contributed by atoms with Crippen molar-refractivity contribution < 1.29 is 46.7 Å². The van der Waals surface area contributed by atoms with Gasteiger partial charge in [0.25, 0.3) is 0 Å². The highest BCUT2D eigenvalue weighted by Crippen LogP contribution is 2.30. The first-order valence-electron chi connectivity index (χ1n) is 14.4. The van der Waals surface area contributed by atoms with Crippen LogP contribution in [0.5, 0.6) is 11.5 Å². The van der Waals surface area contributed by atoms with Crippen LogP contribution in [0.15, 0.2) is 24.3 Å². The average molecular weight is 577 g/mol. The van der Waals surface area contributed by atoms with Crippen LogP contribution in [0.4, 0.5) is 0 Å². The van der Waals surface area contributed by atoms with E-state index in [1.807, 2.05) is 0 Å². The molecule has 11 heteroatoms. The van der Waals surface area contributed by atoms with Crippen molar-refractivity contribution in [2.24, 2.45) is 0 Å². The van der Waals surface area contributed by atoms with Gasteiger partial charge in [0.2, 0.25) is 6.29 Å². The Labute approximate surface area is 233 Å². The quantitative estimate of drug-likeness (QED) is 0.158. The van der Waals surface area contributed by atoms with Gasteiger partial charge in [0.05, 0.1) is 13.2 Å². The van der Waals surface area contributed by atoms with E-state index in [1.54, 1.807) is 18.2 Å². The lowest BCUT2D eigenvalue weighted by Crippen LogP contribution is -2.59. The molecule has 0 radical (unpaired) electrons. The van der Waals surface area contributed by atoms with Crippen molar-refractivity contribution in [3.8, 4) is 11.5 Å². The highest BCUT2D eigenvalue weighted by molar-refractivity contribution is 7.82. The van der Waals surface area contributed by atoms with E-state index in [0.29, 0.717) is 6.61 Å². The predicted molar refractivity (Wildman–Crippen MR) is 147 cm³/mol. The molecular formula is C28H48O10S. The van der Waals surface area contributed by atoms with Gasteiger partial charge in [0.15, 0.2) is 11.5 Å². The summed E-state index contributed by atoms with van der Waals surface area (Å²) in [5, 5.41) is 38.9. The van der Waals surface area contributed by atoms with Crippen molar-refractivity contribution in [2.45, 2.75) is 128 Å². The highest BCUT2D eigenvalue weighted by atomic mass is 32.3. The molecule has 0 aromatic heterocycles. The molecule has 5 atom stereocenters. The molecule has 2 rings (SSSR count). The Balaban J connectivity index is 1.65. The van der Waals surface area contributed by atoms with Crippen molar-refractivity contribution in [1.82, 2.24) is 0 Å². The van der Waals surface area contributed by atoms with Gasteiger partial charge in [-0.25, -0.2) is 4.18 Å². The third kappa shape index (κ3) is 12.7. The third-order valence-corrected chi connectivity index (χ3v) is 7.67. The minimum absolute atomic E-state index is 0.104. The predicted octanol–water partition coefficient (Wildman–Crippen LogP) is 3.99. The fourth-order valence-electron chi connectivity index (χ4n) is 4.51. The minimum Gasteiger partial charge on any atom is -0.490 e. The van der Waals surface area contributed by atoms with Gasteiger partial charge >= 0.3 is 10.4 Å². The molecule has 1 aliphatic heterocycles. The normalized spacial score (nSPS) is 23.6. The number of aliphatic hydroxyl groups is 4. The molecule has 1 heterocycles. The van der Waals surface area contributed by atoms with Crippen LogP contribution in [0.2, 0.25) is 0 Å². The van der Waals surface area contributed by atoms with Crippen molar-refractivity contribution in [2.75, 3.05) is 13.2 Å². The molecule has 0 spiro atoms. The lowest BCUT2D eigenvalue weighted by atomic mass is 10.00. The van der Waals surface area contributed by atoms with Gasteiger partial charge in [-0.2, -0.15) is 8.42 Å². The van der Waals surface area contributed by atoms with E-state index in [0.717, 1.165) is 19.3 Å². The van der Waals surface area contributed by atoms with Gasteiger partial charge in [-0.05, 0) is 18.6 Å². The molecular weight excluding hydrogens is 528 g/mol. The zero-order valence-corrected chi connectivity index (χ0v) is 24.0. The molecule has 226 valence electrons. The van der Waals surface area contributed by atoms with Crippen LogP contribution in [-0.4, -0.2) is 72.8 Å². The highest BCUT2D eigenvalue weighted by Gasteiger charge is 2.46. The second-order valence-electron chi connectivity index (χ2n) is 10.2. The Morgan fingerprint density at radius 1 is 0.744 bits per heavy atom. The lowest BCUT2D eigenvalue weighted by Gasteiger charge is -2.38. The fourth-order valence-corrected chi connectivity index (χ4v) is 5.30. The molecule has 0 unspecified atom stereocenters. The van der Waals surface area contributed by atoms with Crippen molar-refractivity contribution >= 4 is 10.4 Å². The third-order valence-electron chi connectivity index (χ3n) is 6.86. The van der Waals surface area contributed by atoms with Gasteiger partial charge in [-0.3, -0.25) is 0 Å². The number of benzene rings is 1. The minimum atomic E-state index is -4.76. The maximum Gasteiger partial charge on any atom is 0.451 e. The number of ether oxygens (including phenoxy) is 2. The topological polar surface area (TPSA) is 152 Å².